The Bertz CT molecular complexity index is 763. The first-order valence-electron chi connectivity index (χ1n) is 8.01. The molecule has 7 heteroatoms. The molecule has 3 amide bonds. The number of amides is 3. The van der Waals surface area contributed by atoms with Crippen molar-refractivity contribution in [2.24, 2.45) is 0 Å². The molecule has 0 bridgehead atoms. The van der Waals surface area contributed by atoms with Crippen molar-refractivity contribution in [3.63, 3.8) is 0 Å². The zero-order valence-electron chi connectivity index (χ0n) is 12.8. The van der Waals surface area contributed by atoms with Crippen molar-refractivity contribution in [1.82, 2.24) is 20.2 Å². The standard InChI is InChI=1S/C16H19N5O2/c22-14-5-10-21(16(23)19-14)15-12-4-9-20(13(12)3-8-18-15)11-1-6-17-7-2-11/h3-4,8-9,11,17H,1-2,5-7,10H2,(H,19,22,23). The molecule has 2 fully saturated rings. The topological polar surface area (TPSA) is 79.3 Å². The Hall–Kier alpha value is -2.41. The van der Waals surface area contributed by atoms with Gasteiger partial charge in [-0.3, -0.25) is 15.0 Å². The van der Waals surface area contributed by atoms with E-state index < -0.39 is 6.03 Å². The lowest BCUT2D eigenvalue weighted by Gasteiger charge is -2.27. The van der Waals surface area contributed by atoms with Gasteiger partial charge >= 0.3 is 6.03 Å². The maximum Gasteiger partial charge on any atom is 0.329 e. The van der Waals surface area contributed by atoms with Gasteiger partial charge in [-0.1, -0.05) is 0 Å². The zero-order valence-corrected chi connectivity index (χ0v) is 12.8. The summed E-state index contributed by atoms with van der Waals surface area (Å²) in [5.41, 5.74) is 1.09. The molecule has 2 saturated heterocycles. The summed E-state index contributed by atoms with van der Waals surface area (Å²) in [4.78, 5) is 29.4. The highest BCUT2D eigenvalue weighted by Crippen LogP contribution is 2.30. The van der Waals surface area contributed by atoms with E-state index in [1.54, 1.807) is 11.1 Å². The van der Waals surface area contributed by atoms with E-state index in [0.717, 1.165) is 36.8 Å². The van der Waals surface area contributed by atoms with Crippen molar-refractivity contribution < 1.29 is 9.59 Å². The number of aromatic nitrogens is 2. The van der Waals surface area contributed by atoms with Crippen LogP contribution in [0.1, 0.15) is 25.3 Å². The second-order valence-electron chi connectivity index (χ2n) is 6.03. The minimum atomic E-state index is -0.393. The summed E-state index contributed by atoms with van der Waals surface area (Å²) in [6, 6.07) is 4.09. The Morgan fingerprint density at radius 3 is 2.78 bits per heavy atom. The van der Waals surface area contributed by atoms with Crippen LogP contribution in [0.25, 0.3) is 10.9 Å². The van der Waals surface area contributed by atoms with E-state index in [9.17, 15) is 9.59 Å². The number of imide groups is 1. The largest absolute Gasteiger partial charge is 0.344 e. The van der Waals surface area contributed by atoms with E-state index in [1.165, 1.54) is 0 Å². The Morgan fingerprint density at radius 1 is 1.17 bits per heavy atom. The van der Waals surface area contributed by atoms with Gasteiger partial charge in [-0.2, -0.15) is 0 Å². The molecule has 23 heavy (non-hydrogen) atoms. The first kappa shape index (κ1) is 14.2. The van der Waals surface area contributed by atoms with Crippen LogP contribution in [-0.4, -0.2) is 41.1 Å². The van der Waals surface area contributed by atoms with Crippen molar-refractivity contribution in [2.45, 2.75) is 25.3 Å². The smallest absolute Gasteiger partial charge is 0.329 e. The summed E-state index contributed by atoms with van der Waals surface area (Å²) >= 11 is 0. The Morgan fingerprint density at radius 2 is 2.00 bits per heavy atom. The molecular weight excluding hydrogens is 294 g/mol. The van der Waals surface area contributed by atoms with Crippen LogP contribution in [0.4, 0.5) is 10.6 Å². The van der Waals surface area contributed by atoms with Gasteiger partial charge in [0, 0.05) is 36.8 Å². The molecule has 120 valence electrons. The van der Waals surface area contributed by atoms with Gasteiger partial charge in [-0.25, -0.2) is 9.78 Å². The summed E-state index contributed by atoms with van der Waals surface area (Å²) in [6.07, 6.45) is 6.32. The van der Waals surface area contributed by atoms with Crippen LogP contribution in [0.3, 0.4) is 0 Å². The van der Waals surface area contributed by atoms with E-state index in [0.29, 0.717) is 24.8 Å². The highest BCUT2D eigenvalue weighted by atomic mass is 16.2. The van der Waals surface area contributed by atoms with E-state index in [4.69, 9.17) is 0 Å². The number of carbonyl (C=O) groups excluding carboxylic acids is 2. The molecule has 4 rings (SSSR count). The van der Waals surface area contributed by atoms with Gasteiger partial charge in [0.1, 0.15) is 5.82 Å². The lowest BCUT2D eigenvalue weighted by atomic mass is 10.1. The molecule has 0 aromatic carbocycles. The molecule has 0 aliphatic carbocycles. The van der Waals surface area contributed by atoms with Gasteiger partial charge in [-0.05, 0) is 38.1 Å². The van der Waals surface area contributed by atoms with Crippen molar-refractivity contribution in [3.8, 4) is 0 Å². The van der Waals surface area contributed by atoms with Crippen LogP contribution in [0, 0.1) is 0 Å². The highest BCUT2D eigenvalue weighted by Gasteiger charge is 2.27. The summed E-state index contributed by atoms with van der Waals surface area (Å²) in [5.74, 6) is 0.394. The van der Waals surface area contributed by atoms with E-state index in [1.807, 2.05) is 12.1 Å². The quantitative estimate of drug-likeness (QED) is 0.878. The van der Waals surface area contributed by atoms with Crippen molar-refractivity contribution in [1.29, 1.82) is 0 Å². The van der Waals surface area contributed by atoms with Crippen LogP contribution < -0.4 is 15.5 Å². The molecule has 2 aliphatic rings. The number of piperidine rings is 1. The minimum absolute atomic E-state index is 0.231. The number of nitrogens with one attached hydrogen (secondary N) is 2. The third-order valence-corrected chi connectivity index (χ3v) is 4.64. The number of carbonyl (C=O) groups is 2. The minimum Gasteiger partial charge on any atom is -0.344 e. The third kappa shape index (κ3) is 2.46. The Balaban J connectivity index is 1.73. The summed E-state index contributed by atoms with van der Waals surface area (Å²) in [7, 11) is 0. The van der Waals surface area contributed by atoms with Gasteiger partial charge in [0.15, 0.2) is 0 Å². The molecule has 0 radical (unpaired) electrons. The number of anilines is 1. The molecule has 2 aromatic heterocycles. The van der Waals surface area contributed by atoms with E-state index >= 15 is 0 Å². The lowest BCUT2D eigenvalue weighted by Crippen LogP contribution is -2.49. The molecule has 2 aliphatic heterocycles. The number of hydrogen-bond donors (Lipinski definition) is 2. The SMILES string of the molecule is O=C1CCN(c2nccc3c2ccn3C2CCNCC2)C(=O)N1. The predicted molar refractivity (Wildman–Crippen MR) is 86.4 cm³/mol. The van der Waals surface area contributed by atoms with Crippen LogP contribution in [-0.2, 0) is 4.79 Å². The number of rotatable bonds is 2. The fraction of sp³-hybridized carbons (Fsp3) is 0.438. The van der Waals surface area contributed by atoms with Gasteiger partial charge in [0.25, 0.3) is 0 Å². The number of urea groups is 1. The average Bonchev–Trinajstić information content (AvgIpc) is 3.00. The maximum absolute atomic E-state index is 12.1. The lowest BCUT2D eigenvalue weighted by molar-refractivity contribution is -0.120. The normalized spacial score (nSPS) is 20.1. The molecular formula is C16H19N5O2. The molecule has 2 aromatic rings. The number of pyridine rings is 1. The fourth-order valence-corrected chi connectivity index (χ4v) is 3.46. The monoisotopic (exact) mass is 313 g/mol. The summed E-state index contributed by atoms with van der Waals surface area (Å²) in [6.45, 7) is 2.42. The van der Waals surface area contributed by atoms with Crippen LogP contribution in [0.2, 0.25) is 0 Å². The molecule has 7 nitrogen and oxygen atoms in total. The molecule has 0 atom stereocenters. The first-order chi connectivity index (χ1) is 11.2. The third-order valence-electron chi connectivity index (χ3n) is 4.64. The second kappa shape index (κ2) is 5.66. The molecule has 0 spiro atoms. The van der Waals surface area contributed by atoms with E-state index in [-0.39, 0.29) is 5.91 Å². The summed E-state index contributed by atoms with van der Waals surface area (Å²) < 4.78 is 2.29. The molecule has 0 unspecified atom stereocenters. The van der Waals surface area contributed by atoms with Gasteiger partial charge < -0.3 is 9.88 Å². The maximum atomic E-state index is 12.1. The van der Waals surface area contributed by atoms with Crippen LogP contribution in [0.15, 0.2) is 24.5 Å². The number of fused-ring (bicyclic) bond motifs is 1. The second-order valence-corrected chi connectivity index (χ2v) is 6.03. The predicted octanol–water partition coefficient (Wildman–Crippen LogP) is 1.41. The Labute approximate surface area is 133 Å². The number of hydrogen-bond acceptors (Lipinski definition) is 4. The molecule has 2 N–H and O–H groups in total. The van der Waals surface area contributed by atoms with Gasteiger partial charge in [0.05, 0.1) is 5.52 Å². The average molecular weight is 313 g/mol. The van der Waals surface area contributed by atoms with Gasteiger partial charge in [0.2, 0.25) is 5.91 Å². The highest BCUT2D eigenvalue weighted by molar-refractivity contribution is 6.08. The molecule has 4 heterocycles. The Kier molecular flexibility index (Phi) is 3.49. The number of nitrogens with zero attached hydrogens (tertiary/aromatic N) is 3. The van der Waals surface area contributed by atoms with Crippen LogP contribution >= 0.6 is 0 Å². The fourth-order valence-electron chi connectivity index (χ4n) is 3.46. The van der Waals surface area contributed by atoms with Crippen molar-refractivity contribution >= 4 is 28.7 Å². The molecule has 0 saturated carbocycles. The summed E-state index contributed by atoms with van der Waals surface area (Å²) in [5, 5.41) is 6.69. The van der Waals surface area contributed by atoms with Crippen LogP contribution in [0.5, 0.6) is 0 Å². The van der Waals surface area contributed by atoms with Crippen molar-refractivity contribution in [2.75, 3.05) is 24.5 Å². The van der Waals surface area contributed by atoms with Gasteiger partial charge in [-0.15, -0.1) is 0 Å². The van der Waals surface area contributed by atoms with E-state index in [2.05, 4.69) is 26.4 Å². The zero-order chi connectivity index (χ0) is 15.8. The van der Waals surface area contributed by atoms with Crippen molar-refractivity contribution in [3.05, 3.63) is 24.5 Å². The first-order valence-corrected chi connectivity index (χ1v) is 8.01.